The minimum atomic E-state index is -0.0143. The van der Waals surface area contributed by atoms with Crippen LogP contribution in [0.5, 0.6) is 0 Å². The summed E-state index contributed by atoms with van der Waals surface area (Å²) in [6.45, 7) is 3.18. The van der Waals surface area contributed by atoms with Gasteiger partial charge < -0.3 is 15.5 Å². The molecule has 1 aromatic carbocycles. The van der Waals surface area contributed by atoms with Crippen LogP contribution in [0.1, 0.15) is 68.6 Å². The Balaban J connectivity index is 1.47. The van der Waals surface area contributed by atoms with Gasteiger partial charge in [0, 0.05) is 42.7 Å². The van der Waals surface area contributed by atoms with Gasteiger partial charge in [-0.1, -0.05) is 19.8 Å². The van der Waals surface area contributed by atoms with Crippen LogP contribution in [0.3, 0.4) is 0 Å². The highest BCUT2D eigenvalue weighted by molar-refractivity contribution is 5.96. The van der Waals surface area contributed by atoms with Gasteiger partial charge in [-0.15, -0.1) is 0 Å². The van der Waals surface area contributed by atoms with Crippen molar-refractivity contribution in [2.75, 3.05) is 18.4 Å². The summed E-state index contributed by atoms with van der Waals surface area (Å²) in [5.41, 5.74) is 1.32. The number of carbonyl (C=O) groups is 3. The van der Waals surface area contributed by atoms with E-state index in [2.05, 4.69) is 10.6 Å². The molecular weight excluding hydrogens is 354 g/mol. The van der Waals surface area contributed by atoms with Gasteiger partial charge in [0.25, 0.3) is 5.91 Å². The number of amides is 3. The van der Waals surface area contributed by atoms with Crippen molar-refractivity contribution >= 4 is 23.4 Å². The van der Waals surface area contributed by atoms with Gasteiger partial charge in [-0.25, -0.2) is 0 Å². The van der Waals surface area contributed by atoms with Crippen LogP contribution in [0.4, 0.5) is 5.69 Å². The van der Waals surface area contributed by atoms with Gasteiger partial charge in [-0.3, -0.25) is 14.4 Å². The summed E-state index contributed by atoms with van der Waals surface area (Å²) in [6, 6.07) is 7.39. The second-order valence-electron chi connectivity index (χ2n) is 7.93. The maximum absolute atomic E-state index is 12.7. The summed E-state index contributed by atoms with van der Waals surface area (Å²) in [6.07, 6.45) is 7.33. The lowest BCUT2D eigenvalue weighted by molar-refractivity contribution is -0.127. The molecule has 28 heavy (non-hydrogen) atoms. The number of nitrogens with zero attached hydrogens (tertiary/aromatic N) is 1. The Kier molecular flexibility index (Phi) is 7.06. The fourth-order valence-corrected chi connectivity index (χ4v) is 4.06. The molecule has 1 aliphatic heterocycles. The number of piperidine rings is 1. The molecular formula is C22H31N3O3. The molecule has 3 amide bonds. The van der Waals surface area contributed by atoms with Crippen LogP contribution in [0.2, 0.25) is 0 Å². The SMILES string of the molecule is CCCC(=O)Nc1ccc(C(=O)N2CCC(C(=O)NC3CCCC3)CC2)cc1. The van der Waals surface area contributed by atoms with Gasteiger partial charge in [0.1, 0.15) is 0 Å². The third kappa shape index (κ3) is 5.33. The van der Waals surface area contributed by atoms with Crippen molar-refractivity contribution in [1.82, 2.24) is 10.2 Å². The molecule has 3 rings (SSSR count). The molecule has 0 atom stereocenters. The topological polar surface area (TPSA) is 78.5 Å². The summed E-state index contributed by atoms with van der Waals surface area (Å²) < 4.78 is 0. The highest BCUT2D eigenvalue weighted by Crippen LogP contribution is 2.22. The molecule has 0 unspecified atom stereocenters. The normalized spacial score (nSPS) is 18.1. The van der Waals surface area contributed by atoms with Crippen LogP contribution in [0, 0.1) is 5.92 Å². The van der Waals surface area contributed by atoms with Gasteiger partial charge in [-0.05, 0) is 56.4 Å². The van der Waals surface area contributed by atoms with Crippen LogP contribution < -0.4 is 10.6 Å². The van der Waals surface area contributed by atoms with E-state index in [4.69, 9.17) is 0 Å². The number of likely N-dealkylation sites (tertiary alicyclic amines) is 1. The standard InChI is InChI=1S/C22H31N3O3/c1-2-5-20(26)23-19-10-8-17(9-11-19)22(28)25-14-12-16(13-15-25)21(27)24-18-6-3-4-7-18/h8-11,16,18H,2-7,12-15H2,1H3,(H,23,26)(H,24,27). The quantitative estimate of drug-likeness (QED) is 0.788. The van der Waals surface area contributed by atoms with Crippen molar-refractivity contribution in [3.63, 3.8) is 0 Å². The Bertz CT molecular complexity index is 687. The molecule has 0 bridgehead atoms. The van der Waals surface area contributed by atoms with E-state index >= 15 is 0 Å². The number of benzene rings is 1. The molecule has 152 valence electrons. The van der Waals surface area contributed by atoms with E-state index in [1.165, 1.54) is 12.8 Å². The zero-order valence-corrected chi connectivity index (χ0v) is 16.7. The molecule has 6 heteroatoms. The average Bonchev–Trinajstić information content (AvgIpc) is 3.21. The number of rotatable bonds is 6. The van der Waals surface area contributed by atoms with Gasteiger partial charge in [-0.2, -0.15) is 0 Å². The minimum absolute atomic E-state index is 0.0129. The van der Waals surface area contributed by atoms with Crippen molar-refractivity contribution in [3.8, 4) is 0 Å². The van der Waals surface area contributed by atoms with Crippen LogP contribution in [0.15, 0.2) is 24.3 Å². The molecule has 1 saturated carbocycles. The van der Waals surface area contributed by atoms with Crippen LogP contribution in [-0.2, 0) is 9.59 Å². The number of hydrogen-bond donors (Lipinski definition) is 2. The summed E-state index contributed by atoms with van der Waals surface area (Å²) >= 11 is 0. The maximum atomic E-state index is 12.7. The van der Waals surface area contributed by atoms with E-state index in [0.29, 0.717) is 36.8 Å². The van der Waals surface area contributed by atoms with Crippen molar-refractivity contribution in [1.29, 1.82) is 0 Å². The monoisotopic (exact) mass is 385 g/mol. The first-order chi connectivity index (χ1) is 13.6. The summed E-state index contributed by atoms with van der Waals surface area (Å²) in [7, 11) is 0. The van der Waals surface area contributed by atoms with Crippen LogP contribution >= 0.6 is 0 Å². The molecule has 1 saturated heterocycles. The van der Waals surface area contributed by atoms with Crippen LogP contribution in [0.25, 0.3) is 0 Å². The predicted octanol–water partition coefficient (Wildman–Crippen LogP) is 3.34. The molecule has 0 spiro atoms. The Morgan fingerprint density at radius 2 is 1.64 bits per heavy atom. The molecule has 0 radical (unpaired) electrons. The maximum Gasteiger partial charge on any atom is 0.253 e. The van der Waals surface area contributed by atoms with E-state index in [1.54, 1.807) is 24.3 Å². The fraction of sp³-hybridized carbons (Fsp3) is 0.591. The highest BCUT2D eigenvalue weighted by atomic mass is 16.2. The highest BCUT2D eigenvalue weighted by Gasteiger charge is 2.29. The first-order valence-corrected chi connectivity index (χ1v) is 10.6. The summed E-state index contributed by atoms with van der Waals surface area (Å²) in [5, 5.41) is 6.01. The molecule has 2 N–H and O–H groups in total. The van der Waals surface area contributed by atoms with E-state index in [-0.39, 0.29) is 23.6 Å². The molecule has 1 aromatic rings. The number of carbonyl (C=O) groups excluding carboxylic acids is 3. The van der Waals surface area contributed by atoms with Crippen molar-refractivity contribution < 1.29 is 14.4 Å². The predicted molar refractivity (Wildman–Crippen MR) is 109 cm³/mol. The third-order valence-corrected chi connectivity index (χ3v) is 5.75. The minimum Gasteiger partial charge on any atom is -0.353 e. The van der Waals surface area contributed by atoms with E-state index < -0.39 is 0 Å². The smallest absolute Gasteiger partial charge is 0.253 e. The molecule has 1 aliphatic carbocycles. The van der Waals surface area contributed by atoms with Gasteiger partial charge >= 0.3 is 0 Å². The molecule has 6 nitrogen and oxygen atoms in total. The van der Waals surface area contributed by atoms with E-state index in [9.17, 15) is 14.4 Å². The van der Waals surface area contributed by atoms with Crippen LogP contribution in [-0.4, -0.2) is 41.8 Å². The zero-order chi connectivity index (χ0) is 19.9. The summed E-state index contributed by atoms with van der Waals surface area (Å²) in [4.78, 5) is 38.6. The lowest BCUT2D eigenvalue weighted by atomic mass is 9.95. The second kappa shape index (κ2) is 9.71. The first-order valence-electron chi connectivity index (χ1n) is 10.6. The Hall–Kier alpha value is -2.37. The largest absolute Gasteiger partial charge is 0.353 e. The molecule has 2 fully saturated rings. The number of hydrogen-bond acceptors (Lipinski definition) is 3. The first kappa shape index (κ1) is 20.4. The Morgan fingerprint density at radius 3 is 2.25 bits per heavy atom. The van der Waals surface area contributed by atoms with E-state index in [0.717, 1.165) is 32.1 Å². The number of nitrogens with one attached hydrogen (secondary N) is 2. The average molecular weight is 386 g/mol. The van der Waals surface area contributed by atoms with Crippen molar-refractivity contribution in [3.05, 3.63) is 29.8 Å². The zero-order valence-electron chi connectivity index (χ0n) is 16.7. The fourth-order valence-electron chi connectivity index (χ4n) is 4.06. The molecule has 0 aromatic heterocycles. The van der Waals surface area contributed by atoms with Crippen molar-refractivity contribution in [2.24, 2.45) is 5.92 Å². The van der Waals surface area contributed by atoms with E-state index in [1.807, 2.05) is 11.8 Å². The van der Waals surface area contributed by atoms with Gasteiger partial charge in [0.2, 0.25) is 11.8 Å². The Labute approximate surface area is 167 Å². The molecule has 1 heterocycles. The lowest BCUT2D eigenvalue weighted by Gasteiger charge is -2.32. The summed E-state index contributed by atoms with van der Waals surface area (Å²) in [5.74, 6) is 0.146. The van der Waals surface area contributed by atoms with Gasteiger partial charge in [0.15, 0.2) is 0 Å². The van der Waals surface area contributed by atoms with Gasteiger partial charge in [0.05, 0.1) is 0 Å². The third-order valence-electron chi connectivity index (χ3n) is 5.75. The number of anilines is 1. The Morgan fingerprint density at radius 1 is 1.00 bits per heavy atom. The second-order valence-corrected chi connectivity index (χ2v) is 7.93. The lowest BCUT2D eigenvalue weighted by Crippen LogP contribution is -2.44. The molecule has 2 aliphatic rings. The van der Waals surface area contributed by atoms with Crippen molar-refractivity contribution in [2.45, 2.75) is 64.3 Å².